The van der Waals surface area contributed by atoms with Crippen LogP contribution in [-0.2, 0) is 6.54 Å². The van der Waals surface area contributed by atoms with Crippen LogP contribution in [0.2, 0.25) is 0 Å². The van der Waals surface area contributed by atoms with Crippen molar-refractivity contribution in [3.8, 4) is 5.75 Å². The van der Waals surface area contributed by atoms with Gasteiger partial charge in [0.1, 0.15) is 18.1 Å². The Morgan fingerprint density at radius 3 is 2.85 bits per heavy atom. The van der Waals surface area contributed by atoms with Gasteiger partial charge in [-0.25, -0.2) is 0 Å². The molecule has 0 aliphatic carbocycles. The molecule has 0 amide bonds. The molecule has 0 saturated heterocycles. The zero-order valence-corrected chi connectivity index (χ0v) is 11.4. The predicted molar refractivity (Wildman–Crippen MR) is 77.2 cm³/mol. The van der Waals surface area contributed by atoms with Gasteiger partial charge in [-0.05, 0) is 18.2 Å². The lowest BCUT2D eigenvalue weighted by Crippen LogP contribution is -2.25. The van der Waals surface area contributed by atoms with Crippen molar-refractivity contribution < 1.29 is 9.53 Å². The molecule has 0 spiro atoms. The highest BCUT2D eigenvalue weighted by atomic mass is 16.5. The number of carbonyl (C=O) groups is 1. The molecule has 102 valence electrons. The topological polar surface area (TPSA) is 42.4 Å². The van der Waals surface area contributed by atoms with Gasteiger partial charge in [0.2, 0.25) is 0 Å². The van der Waals surface area contributed by atoms with E-state index >= 15 is 0 Å². The van der Waals surface area contributed by atoms with E-state index in [0.29, 0.717) is 12.3 Å². The van der Waals surface area contributed by atoms with Gasteiger partial charge in [-0.3, -0.25) is 9.78 Å². The smallest absolute Gasteiger partial charge is 0.178 e. The van der Waals surface area contributed by atoms with Crippen LogP contribution in [0.25, 0.3) is 0 Å². The van der Waals surface area contributed by atoms with Crippen molar-refractivity contribution in [2.75, 3.05) is 18.1 Å². The average Bonchev–Trinajstić information content (AvgIpc) is 2.69. The van der Waals surface area contributed by atoms with Gasteiger partial charge in [-0.2, -0.15) is 0 Å². The second kappa shape index (κ2) is 5.33. The lowest BCUT2D eigenvalue weighted by Gasteiger charge is -2.21. The van der Waals surface area contributed by atoms with Crippen molar-refractivity contribution >= 4 is 11.5 Å². The maximum Gasteiger partial charge on any atom is 0.178 e. The van der Waals surface area contributed by atoms with Crippen LogP contribution in [-0.4, -0.2) is 23.9 Å². The lowest BCUT2D eigenvalue weighted by atomic mass is 10.2. The van der Waals surface area contributed by atoms with E-state index in [-0.39, 0.29) is 5.78 Å². The molecule has 0 radical (unpaired) electrons. The minimum Gasteiger partial charge on any atom is -0.491 e. The first kappa shape index (κ1) is 12.7. The molecule has 0 atom stereocenters. The molecule has 1 aromatic carbocycles. The fraction of sp³-hybridized carbons (Fsp3) is 0.250. The molecule has 2 aromatic rings. The molecule has 1 aliphatic rings. The van der Waals surface area contributed by atoms with Gasteiger partial charge in [0, 0.05) is 19.0 Å². The largest absolute Gasteiger partial charge is 0.491 e. The summed E-state index contributed by atoms with van der Waals surface area (Å²) in [5.74, 6) is 0.935. The standard InChI is InChI=1S/C16H16N2O2/c1-12(19)15-7-6-14(10-17-15)18-8-9-20-16-5-3-2-4-13(16)11-18/h2-7,10H,8-9,11H2,1H3. The molecule has 0 fully saturated rings. The molecule has 1 aliphatic heterocycles. The quantitative estimate of drug-likeness (QED) is 0.785. The number of fused-ring (bicyclic) bond motifs is 1. The maximum atomic E-state index is 11.3. The Balaban J connectivity index is 1.85. The highest BCUT2D eigenvalue weighted by Crippen LogP contribution is 2.25. The first-order valence-corrected chi connectivity index (χ1v) is 6.67. The van der Waals surface area contributed by atoms with Gasteiger partial charge in [0.15, 0.2) is 5.78 Å². The third-order valence-electron chi connectivity index (χ3n) is 3.43. The van der Waals surface area contributed by atoms with E-state index in [2.05, 4.69) is 16.0 Å². The molecule has 1 aromatic heterocycles. The van der Waals surface area contributed by atoms with Crippen molar-refractivity contribution in [2.45, 2.75) is 13.5 Å². The molecule has 0 N–H and O–H groups in total. The van der Waals surface area contributed by atoms with Crippen LogP contribution >= 0.6 is 0 Å². The number of benzene rings is 1. The summed E-state index contributed by atoms with van der Waals surface area (Å²) in [6.07, 6.45) is 1.75. The monoisotopic (exact) mass is 268 g/mol. The second-order valence-corrected chi connectivity index (χ2v) is 4.84. The molecule has 0 unspecified atom stereocenters. The molecule has 20 heavy (non-hydrogen) atoms. The average molecular weight is 268 g/mol. The Labute approximate surface area is 118 Å². The highest BCUT2D eigenvalue weighted by molar-refractivity contribution is 5.92. The van der Waals surface area contributed by atoms with Crippen LogP contribution < -0.4 is 9.64 Å². The zero-order valence-electron chi connectivity index (χ0n) is 11.4. The van der Waals surface area contributed by atoms with E-state index in [1.54, 1.807) is 12.3 Å². The van der Waals surface area contributed by atoms with Crippen LogP contribution in [0.1, 0.15) is 23.0 Å². The zero-order chi connectivity index (χ0) is 13.9. The minimum absolute atomic E-state index is 0.0129. The number of rotatable bonds is 2. The number of aromatic nitrogens is 1. The van der Waals surface area contributed by atoms with Gasteiger partial charge < -0.3 is 9.64 Å². The van der Waals surface area contributed by atoms with Crippen LogP contribution in [0.4, 0.5) is 5.69 Å². The number of para-hydroxylation sites is 1. The molecule has 3 rings (SSSR count). The number of anilines is 1. The lowest BCUT2D eigenvalue weighted by molar-refractivity contribution is 0.101. The van der Waals surface area contributed by atoms with Crippen LogP contribution in [0.5, 0.6) is 5.75 Å². The van der Waals surface area contributed by atoms with E-state index in [0.717, 1.165) is 24.5 Å². The number of hydrogen-bond donors (Lipinski definition) is 0. The number of ether oxygens (including phenoxy) is 1. The van der Waals surface area contributed by atoms with Gasteiger partial charge in [0.25, 0.3) is 0 Å². The van der Waals surface area contributed by atoms with Crippen LogP contribution in [0.15, 0.2) is 42.6 Å². The Morgan fingerprint density at radius 2 is 2.10 bits per heavy atom. The summed E-state index contributed by atoms with van der Waals surface area (Å²) in [4.78, 5) is 17.7. The van der Waals surface area contributed by atoms with Crippen molar-refractivity contribution in [3.63, 3.8) is 0 Å². The van der Waals surface area contributed by atoms with Crippen molar-refractivity contribution in [3.05, 3.63) is 53.9 Å². The van der Waals surface area contributed by atoms with E-state index in [9.17, 15) is 4.79 Å². The summed E-state index contributed by atoms with van der Waals surface area (Å²) in [5, 5.41) is 0. The second-order valence-electron chi connectivity index (χ2n) is 4.84. The fourth-order valence-electron chi connectivity index (χ4n) is 2.33. The third-order valence-corrected chi connectivity index (χ3v) is 3.43. The number of Topliss-reactive ketones (excluding diaryl/α,β-unsaturated/α-hetero) is 1. The Kier molecular flexibility index (Phi) is 3.37. The molecule has 0 bridgehead atoms. The van der Waals surface area contributed by atoms with E-state index in [1.807, 2.05) is 24.3 Å². The molecule has 4 heteroatoms. The van der Waals surface area contributed by atoms with Crippen molar-refractivity contribution in [1.82, 2.24) is 4.98 Å². The van der Waals surface area contributed by atoms with Crippen LogP contribution in [0.3, 0.4) is 0 Å². The highest BCUT2D eigenvalue weighted by Gasteiger charge is 2.15. The Hall–Kier alpha value is -2.36. The summed E-state index contributed by atoms with van der Waals surface area (Å²) in [6.45, 7) is 3.76. The first-order chi connectivity index (χ1) is 9.74. The SMILES string of the molecule is CC(=O)c1ccc(N2CCOc3ccccc3C2)cn1. The number of nitrogens with zero attached hydrogens (tertiary/aromatic N) is 2. The maximum absolute atomic E-state index is 11.3. The molecular formula is C16H16N2O2. The van der Waals surface area contributed by atoms with E-state index in [1.165, 1.54) is 12.5 Å². The number of pyridine rings is 1. The molecule has 0 saturated carbocycles. The first-order valence-electron chi connectivity index (χ1n) is 6.67. The van der Waals surface area contributed by atoms with E-state index in [4.69, 9.17) is 4.74 Å². The van der Waals surface area contributed by atoms with Gasteiger partial charge in [-0.1, -0.05) is 18.2 Å². The number of hydrogen-bond acceptors (Lipinski definition) is 4. The summed E-state index contributed by atoms with van der Waals surface area (Å²) in [5.41, 5.74) is 2.68. The van der Waals surface area contributed by atoms with Crippen LogP contribution in [0, 0.1) is 0 Å². The summed E-state index contributed by atoms with van der Waals surface area (Å²) in [7, 11) is 0. The summed E-state index contributed by atoms with van der Waals surface area (Å²) < 4.78 is 5.75. The fourth-order valence-corrected chi connectivity index (χ4v) is 2.33. The van der Waals surface area contributed by atoms with Gasteiger partial charge in [0.05, 0.1) is 18.4 Å². The number of ketones is 1. The Morgan fingerprint density at radius 1 is 1.25 bits per heavy atom. The van der Waals surface area contributed by atoms with Gasteiger partial charge in [-0.15, -0.1) is 0 Å². The molecule has 2 heterocycles. The third kappa shape index (κ3) is 2.50. The predicted octanol–water partition coefficient (Wildman–Crippen LogP) is 2.68. The number of carbonyl (C=O) groups excluding carboxylic acids is 1. The van der Waals surface area contributed by atoms with Crippen molar-refractivity contribution in [2.24, 2.45) is 0 Å². The summed E-state index contributed by atoms with van der Waals surface area (Å²) in [6, 6.07) is 11.8. The van der Waals surface area contributed by atoms with Gasteiger partial charge >= 0.3 is 0 Å². The summed E-state index contributed by atoms with van der Waals surface area (Å²) >= 11 is 0. The molecular weight excluding hydrogens is 252 g/mol. The molecule has 4 nitrogen and oxygen atoms in total. The Bertz CT molecular complexity index is 623. The van der Waals surface area contributed by atoms with Crippen molar-refractivity contribution in [1.29, 1.82) is 0 Å². The minimum atomic E-state index is -0.0129. The van der Waals surface area contributed by atoms with E-state index < -0.39 is 0 Å². The normalized spacial score (nSPS) is 14.2.